The van der Waals surface area contributed by atoms with E-state index in [-0.39, 0.29) is 11.9 Å². The Morgan fingerprint density at radius 2 is 2.04 bits per heavy atom. The number of rotatable bonds is 4. The van der Waals surface area contributed by atoms with Gasteiger partial charge in [0.05, 0.1) is 5.69 Å². The summed E-state index contributed by atoms with van der Waals surface area (Å²) < 4.78 is 0. The lowest BCUT2D eigenvalue weighted by Gasteiger charge is -2.26. The van der Waals surface area contributed by atoms with Gasteiger partial charge in [-0.1, -0.05) is 12.1 Å². The summed E-state index contributed by atoms with van der Waals surface area (Å²) in [6.07, 6.45) is 1.78. The molecule has 146 valence electrons. The van der Waals surface area contributed by atoms with Gasteiger partial charge in [0.1, 0.15) is 5.82 Å². The first-order valence-electron chi connectivity index (χ1n) is 9.54. The Kier molecular flexibility index (Phi) is 4.95. The van der Waals surface area contributed by atoms with Crippen molar-refractivity contribution in [1.82, 2.24) is 20.6 Å². The first-order valence-corrected chi connectivity index (χ1v) is 9.54. The molecule has 8 heteroatoms. The molecule has 4 rings (SSSR count). The third-order valence-electron chi connectivity index (χ3n) is 5.24. The number of carbonyl (C=O) groups is 2. The molecule has 2 aromatic rings. The Morgan fingerprint density at radius 1 is 1.25 bits per heavy atom. The lowest BCUT2D eigenvalue weighted by Crippen LogP contribution is -2.36. The minimum absolute atomic E-state index is 0.00371. The second-order valence-electron chi connectivity index (χ2n) is 7.30. The minimum atomic E-state index is -0.455. The normalized spacial score (nSPS) is 18.6. The van der Waals surface area contributed by atoms with E-state index in [4.69, 9.17) is 15.7 Å². The van der Waals surface area contributed by atoms with Crippen molar-refractivity contribution in [3.63, 3.8) is 0 Å². The molecule has 1 fully saturated rings. The van der Waals surface area contributed by atoms with Gasteiger partial charge in [0.25, 0.3) is 0 Å². The Hall–Kier alpha value is -3.00. The molecule has 0 radical (unpaired) electrons. The van der Waals surface area contributed by atoms with Crippen LogP contribution in [0.15, 0.2) is 24.3 Å². The molecule has 1 aromatic heterocycles. The minimum Gasteiger partial charge on any atom is -0.366 e. The highest BCUT2D eigenvalue weighted by Crippen LogP contribution is 2.29. The highest BCUT2D eigenvalue weighted by Gasteiger charge is 2.28. The molecule has 0 bridgehead atoms. The molecule has 2 aliphatic heterocycles. The van der Waals surface area contributed by atoms with E-state index < -0.39 is 5.91 Å². The molecule has 1 saturated heterocycles. The molecule has 3 heterocycles. The van der Waals surface area contributed by atoms with Crippen molar-refractivity contribution >= 4 is 17.6 Å². The lowest BCUT2D eigenvalue weighted by atomic mass is 10.1. The number of aromatic nitrogens is 2. The number of hydrogen-bond acceptors (Lipinski definition) is 6. The van der Waals surface area contributed by atoms with E-state index >= 15 is 0 Å². The molecule has 0 saturated carbocycles. The van der Waals surface area contributed by atoms with Crippen LogP contribution in [0, 0.1) is 0 Å². The molecule has 1 unspecified atom stereocenters. The van der Waals surface area contributed by atoms with Crippen molar-refractivity contribution in [3.05, 3.63) is 41.1 Å². The summed E-state index contributed by atoms with van der Waals surface area (Å²) in [4.78, 5) is 34.6. The highest BCUT2D eigenvalue weighted by molar-refractivity contribution is 5.93. The fraction of sp³-hybridized carbons (Fsp3) is 0.400. The summed E-state index contributed by atoms with van der Waals surface area (Å²) in [5.41, 5.74) is 8.82. The van der Waals surface area contributed by atoms with Crippen LogP contribution in [0.1, 0.15) is 35.0 Å². The Morgan fingerprint density at radius 3 is 2.75 bits per heavy atom. The van der Waals surface area contributed by atoms with Gasteiger partial charge in [0, 0.05) is 49.3 Å². The van der Waals surface area contributed by atoms with Crippen molar-refractivity contribution in [2.24, 2.45) is 5.73 Å². The Labute approximate surface area is 163 Å². The largest absolute Gasteiger partial charge is 0.366 e. The van der Waals surface area contributed by atoms with Gasteiger partial charge in [-0.25, -0.2) is 9.97 Å². The third-order valence-corrected chi connectivity index (χ3v) is 5.24. The lowest BCUT2D eigenvalue weighted by molar-refractivity contribution is -0.119. The van der Waals surface area contributed by atoms with E-state index in [9.17, 15) is 9.59 Å². The molecule has 2 aliphatic rings. The maximum atomic E-state index is 11.4. The summed E-state index contributed by atoms with van der Waals surface area (Å²) in [5, 5.41) is 6.37. The standard InChI is InChI=1S/C20H24N6O2/c1-12(27)23-15-7-9-26(11-15)20-16-6-8-22-10-17(16)24-19(25-20)14-4-2-13(3-5-14)18(21)28/h2-5,15,22H,6-11H2,1H3,(H2,21,28)(H,23,27). The number of fused-ring (bicyclic) bond motifs is 1. The zero-order valence-electron chi connectivity index (χ0n) is 15.9. The monoisotopic (exact) mass is 380 g/mol. The molecular weight excluding hydrogens is 356 g/mol. The van der Waals surface area contributed by atoms with E-state index in [0.29, 0.717) is 17.9 Å². The van der Waals surface area contributed by atoms with E-state index in [1.165, 1.54) is 5.56 Å². The molecular formula is C20H24N6O2. The van der Waals surface area contributed by atoms with Crippen molar-refractivity contribution in [3.8, 4) is 11.4 Å². The predicted molar refractivity (Wildman–Crippen MR) is 106 cm³/mol. The van der Waals surface area contributed by atoms with Crippen LogP contribution in [0.5, 0.6) is 0 Å². The number of nitrogens with two attached hydrogens (primary N) is 1. The maximum absolute atomic E-state index is 11.4. The smallest absolute Gasteiger partial charge is 0.248 e. The van der Waals surface area contributed by atoms with Gasteiger partial charge in [0.15, 0.2) is 5.82 Å². The number of nitrogens with zero attached hydrogens (tertiary/aromatic N) is 3. The summed E-state index contributed by atoms with van der Waals surface area (Å²) in [7, 11) is 0. The van der Waals surface area contributed by atoms with Crippen molar-refractivity contribution in [1.29, 1.82) is 0 Å². The second kappa shape index (κ2) is 7.55. The van der Waals surface area contributed by atoms with Gasteiger partial charge in [-0.3, -0.25) is 9.59 Å². The van der Waals surface area contributed by atoms with Gasteiger partial charge >= 0.3 is 0 Å². The molecule has 0 aliphatic carbocycles. The average Bonchev–Trinajstić information content (AvgIpc) is 3.14. The number of carbonyl (C=O) groups excluding carboxylic acids is 2. The van der Waals surface area contributed by atoms with Gasteiger partial charge < -0.3 is 21.3 Å². The maximum Gasteiger partial charge on any atom is 0.248 e. The van der Waals surface area contributed by atoms with Gasteiger partial charge in [-0.15, -0.1) is 0 Å². The molecule has 2 amide bonds. The third kappa shape index (κ3) is 3.68. The quantitative estimate of drug-likeness (QED) is 0.716. The first-order chi connectivity index (χ1) is 13.5. The number of nitrogens with one attached hydrogen (secondary N) is 2. The van der Waals surface area contributed by atoms with Crippen LogP contribution < -0.4 is 21.3 Å². The molecule has 28 heavy (non-hydrogen) atoms. The SMILES string of the molecule is CC(=O)NC1CCN(c2nc(-c3ccc(C(N)=O)cc3)nc3c2CCNC3)C1. The van der Waals surface area contributed by atoms with Gasteiger partial charge in [-0.05, 0) is 31.5 Å². The van der Waals surface area contributed by atoms with E-state index in [2.05, 4.69) is 15.5 Å². The number of hydrogen-bond donors (Lipinski definition) is 3. The summed E-state index contributed by atoms with van der Waals surface area (Å²) in [6, 6.07) is 7.18. The number of benzene rings is 1. The highest BCUT2D eigenvalue weighted by atomic mass is 16.1. The molecule has 1 atom stereocenters. The van der Waals surface area contributed by atoms with Gasteiger partial charge in [-0.2, -0.15) is 0 Å². The molecule has 4 N–H and O–H groups in total. The van der Waals surface area contributed by atoms with Crippen molar-refractivity contribution in [2.45, 2.75) is 32.4 Å². The molecule has 8 nitrogen and oxygen atoms in total. The van der Waals surface area contributed by atoms with Crippen LogP contribution in [0.2, 0.25) is 0 Å². The Bertz CT molecular complexity index is 912. The second-order valence-corrected chi connectivity index (χ2v) is 7.30. The van der Waals surface area contributed by atoms with Crippen LogP contribution in [-0.4, -0.2) is 47.5 Å². The number of primary amides is 1. The Balaban J connectivity index is 1.69. The summed E-state index contributed by atoms with van der Waals surface area (Å²) in [5.74, 6) is 1.13. The first kappa shape index (κ1) is 18.4. The predicted octanol–water partition coefficient (Wildman–Crippen LogP) is 0.603. The van der Waals surface area contributed by atoms with E-state index in [0.717, 1.165) is 49.6 Å². The van der Waals surface area contributed by atoms with E-state index in [1.807, 2.05) is 12.1 Å². The summed E-state index contributed by atoms with van der Waals surface area (Å²) >= 11 is 0. The zero-order valence-corrected chi connectivity index (χ0v) is 15.9. The van der Waals surface area contributed by atoms with Crippen LogP contribution >= 0.6 is 0 Å². The van der Waals surface area contributed by atoms with Crippen LogP contribution in [0.3, 0.4) is 0 Å². The average molecular weight is 380 g/mol. The molecule has 1 aromatic carbocycles. The number of amides is 2. The van der Waals surface area contributed by atoms with Crippen molar-refractivity contribution in [2.75, 3.05) is 24.5 Å². The topological polar surface area (TPSA) is 113 Å². The molecule has 0 spiro atoms. The fourth-order valence-corrected chi connectivity index (χ4v) is 3.87. The van der Waals surface area contributed by atoms with E-state index in [1.54, 1.807) is 19.1 Å². The summed E-state index contributed by atoms with van der Waals surface area (Å²) in [6.45, 7) is 4.76. The van der Waals surface area contributed by atoms with Crippen LogP contribution in [0.25, 0.3) is 11.4 Å². The van der Waals surface area contributed by atoms with Crippen molar-refractivity contribution < 1.29 is 9.59 Å². The van der Waals surface area contributed by atoms with Gasteiger partial charge in [0.2, 0.25) is 11.8 Å². The fourth-order valence-electron chi connectivity index (χ4n) is 3.87. The van der Waals surface area contributed by atoms with Crippen LogP contribution in [-0.2, 0) is 17.8 Å². The zero-order chi connectivity index (χ0) is 19.7. The number of anilines is 1. The van der Waals surface area contributed by atoms with Crippen LogP contribution in [0.4, 0.5) is 5.82 Å².